The zero-order chi connectivity index (χ0) is 15.2. The van der Waals surface area contributed by atoms with Gasteiger partial charge in [-0.15, -0.1) is 0 Å². The van der Waals surface area contributed by atoms with Crippen molar-refractivity contribution in [3.63, 3.8) is 0 Å². The fraction of sp³-hybridized carbons (Fsp3) is 0.125. The molecular weight excluding hydrogens is 292 g/mol. The van der Waals surface area contributed by atoms with E-state index in [4.69, 9.17) is 16.3 Å². The number of carbonyl (C=O) groups is 2. The smallest absolute Gasteiger partial charge is 0.392 e. The van der Waals surface area contributed by atoms with E-state index in [-0.39, 0.29) is 0 Å². The maximum Gasteiger partial charge on any atom is 0.392 e. The molecule has 0 aromatic heterocycles. The molecule has 0 heterocycles. The Morgan fingerprint density at radius 2 is 1.38 bits per heavy atom. The Morgan fingerprint density at radius 1 is 0.905 bits per heavy atom. The number of aliphatic hydroxyl groups is 1. The molecule has 0 radical (unpaired) electrons. The van der Waals surface area contributed by atoms with Crippen LogP contribution in [0, 0.1) is 0 Å². The standard InChI is InChI=1S/C16H13ClO4/c17-15(19)16(20)21-14(12-9-5-2-6-10-12)13(18)11-7-3-1-4-8-11/h1-10,13-14,18H/t13-,14-/m0/s1. The minimum atomic E-state index is -1.23. The summed E-state index contributed by atoms with van der Waals surface area (Å²) >= 11 is 5.12. The highest BCUT2D eigenvalue weighted by Crippen LogP contribution is 2.32. The highest BCUT2D eigenvalue weighted by molar-refractivity contribution is 6.80. The fourth-order valence-corrected chi connectivity index (χ4v) is 1.99. The third-order valence-electron chi connectivity index (χ3n) is 2.95. The molecule has 0 aliphatic rings. The van der Waals surface area contributed by atoms with Crippen LogP contribution in [-0.4, -0.2) is 16.3 Å². The number of ether oxygens (including phenoxy) is 1. The van der Waals surface area contributed by atoms with Crippen LogP contribution >= 0.6 is 11.6 Å². The van der Waals surface area contributed by atoms with Gasteiger partial charge in [-0.25, -0.2) is 4.79 Å². The number of hydrogen-bond donors (Lipinski definition) is 1. The van der Waals surface area contributed by atoms with Crippen LogP contribution in [0.5, 0.6) is 0 Å². The second kappa shape index (κ2) is 7.02. The van der Waals surface area contributed by atoms with E-state index in [1.807, 2.05) is 6.07 Å². The lowest BCUT2D eigenvalue weighted by molar-refractivity contribution is -0.160. The van der Waals surface area contributed by atoms with Gasteiger partial charge in [0.05, 0.1) is 0 Å². The van der Waals surface area contributed by atoms with Crippen LogP contribution in [0.25, 0.3) is 0 Å². The molecule has 0 saturated heterocycles. The molecule has 0 bridgehead atoms. The van der Waals surface area contributed by atoms with E-state index >= 15 is 0 Å². The monoisotopic (exact) mass is 304 g/mol. The molecule has 2 atom stereocenters. The lowest BCUT2D eigenvalue weighted by atomic mass is 9.98. The van der Waals surface area contributed by atoms with Crippen LogP contribution in [0.1, 0.15) is 23.3 Å². The number of rotatable bonds is 5. The Labute approximate surface area is 126 Å². The summed E-state index contributed by atoms with van der Waals surface area (Å²) in [6.45, 7) is 0. The van der Waals surface area contributed by atoms with Crippen molar-refractivity contribution >= 4 is 22.8 Å². The molecule has 0 fully saturated rings. The average molecular weight is 305 g/mol. The molecule has 0 amide bonds. The van der Waals surface area contributed by atoms with Gasteiger partial charge in [0, 0.05) is 0 Å². The Balaban J connectivity index is 2.32. The summed E-state index contributed by atoms with van der Waals surface area (Å²) in [7, 11) is 0. The van der Waals surface area contributed by atoms with Gasteiger partial charge in [-0.2, -0.15) is 0 Å². The number of carbonyl (C=O) groups excluding carboxylic acids is 2. The molecule has 4 nitrogen and oxygen atoms in total. The Morgan fingerprint density at radius 3 is 1.86 bits per heavy atom. The predicted molar refractivity (Wildman–Crippen MR) is 77.5 cm³/mol. The maximum atomic E-state index is 11.4. The third kappa shape index (κ3) is 3.90. The highest BCUT2D eigenvalue weighted by atomic mass is 35.5. The summed E-state index contributed by atoms with van der Waals surface area (Å²) < 4.78 is 5.04. The largest absolute Gasteiger partial charge is 0.448 e. The molecule has 0 aliphatic carbocycles. The van der Waals surface area contributed by atoms with Crippen molar-refractivity contribution in [3.05, 3.63) is 71.8 Å². The number of aliphatic hydroxyl groups excluding tert-OH is 1. The fourth-order valence-electron chi connectivity index (χ4n) is 1.94. The van der Waals surface area contributed by atoms with Crippen molar-refractivity contribution in [3.8, 4) is 0 Å². The predicted octanol–water partition coefficient (Wildman–Crippen LogP) is 2.77. The molecule has 21 heavy (non-hydrogen) atoms. The van der Waals surface area contributed by atoms with Gasteiger partial charge >= 0.3 is 11.2 Å². The molecule has 2 aromatic rings. The van der Waals surface area contributed by atoms with Crippen LogP contribution in [-0.2, 0) is 14.3 Å². The lowest BCUT2D eigenvalue weighted by Crippen LogP contribution is -2.21. The molecule has 1 N–H and O–H groups in total. The molecule has 0 unspecified atom stereocenters. The first-order valence-corrected chi connectivity index (χ1v) is 6.66. The van der Waals surface area contributed by atoms with E-state index in [1.54, 1.807) is 54.6 Å². The van der Waals surface area contributed by atoms with Gasteiger partial charge < -0.3 is 9.84 Å². The van der Waals surface area contributed by atoms with Crippen molar-refractivity contribution in [2.24, 2.45) is 0 Å². The minimum absolute atomic E-state index is 0.570. The highest BCUT2D eigenvalue weighted by Gasteiger charge is 2.28. The molecule has 5 heteroatoms. The van der Waals surface area contributed by atoms with Gasteiger partial charge in [-0.05, 0) is 22.7 Å². The quantitative estimate of drug-likeness (QED) is 0.524. The van der Waals surface area contributed by atoms with E-state index in [0.717, 1.165) is 0 Å². The zero-order valence-corrected chi connectivity index (χ0v) is 11.7. The van der Waals surface area contributed by atoms with Gasteiger partial charge in [0.1, 0.15) is 6.10 Å². The topological polar surface area (TPSA) is 63.6 Å². The molecular formula is C16H13ClO4. The SMILES string of the molecule is O=C(Cl)C(=O)O[C@@H](c1ccccc1)[C@@H](O)c1ccccc1. The summed E-state index contributed by atoms with van der Waals surface area (Å²) in [5.74, 6) is -1.19. The number of benzene rings is 2. The Kier molecular flexibility index (Phi) is 5.09. The Hall–Kier alpha value is -2.17. The van der Waals surface area contributed by atoms with Crippen molar-refractivity contribution in [2.75, 3.05) is 0 Å². The van der Waals surface area contributed by atoms with Crippen LogP contribution in [0.4, 0.5) is 0 Å². The number of esters is 1. The Bertz CT molecular complexity index is 613. The minimum Gasteiger partial charge on any atom is -0.448 e. The molecule has 108 valence electrons. The van der Waals surface area contributed by atoms with Crippen LogP contribution in [0.2, 0.25) is 0 Å². The molecule has 0 spiro atoms. The maximum absolute atomic E-state index is 11.4. The first-order valence-electron chi connectivity index (χ1n) is 6.28. The summed E-state index contributed by atoms with van der Waals surface area (Å²) in [6, 6.07) is 17.4. The van der Waals surface area contributed by atoms with Crippen molar-refractivity contribution in [2.45, 2.75) is 12.2 Å². The van der Waals surface area contributed by atoms with Crippen molar-refractivity contribution in [1.82, 2.24) is 0 Å². The van der Waals surface area contributed by atoms with Gasteiger partial charge in [0.25, 0.3) is 0 Å². The van der Waals surface area contributed by atoms with Gasteiger partial charge in [0.15, 0.2) is 6.10 Å². The molecule has 0 aliphatic heterocycles. The van der Waals surface area contributed by atoms with E-state index in [1.165, 1.54) is 0 Å². The third-order valence-corrected chi connectivity index (χ3v) is 3.10. The zero-order valence-electron chi connectivity index (χ0n) is 11.0. The van der Waals surface area contributed by atoms with Gasteiger partial charge in [-0.1, -0.05) is 60.7 Å². The lowest BCUT2D eigenvalue weighted by Gasteiger charge is -2.23. The average Bonchev–Trinajstić information content (AvgIpc) is 2.53. The molecule has 2 rings (SSSR count). The van der Waals surface area contributed by atoms with Crippen LogP contribution in [0.15, 0.2) is 60.7 Å². The molecule has 2 aromatic carbocycles. The van der Waals surface area contributed by atoms with E-state index in [0.29, 0.717) is 11.1 Å². The van der Waals surface area contributed by atoms with Gasteiger partial charge in [-0.3, -0.25) is 4.79 Å². The first-order chi connectivity index (χ1) is 10.1. The second-order valence-electron chi connectivity index (χ2n) is 4.37. The van der Waals surface area contributed by atoms with Crippen molar-refractivity contribution in [1.29, 1.82) is 0 Å². The van der Waals surface area contributed by atoms with E-state index in [2.05, 4.69) is 0 Å². The van der Waals surface area contributed by atoms with Gasteiger partial charge in [0.2, 0.25) is 0 Å². The second-order valence-corrected chi connectivity index (χ2v) is 4.71. The normalized spacial score (nSPS) is 13.2. The van der Waals surface area contributed by atoms with E-state index < -0.39 is 23.4 Å². The first kappa shape index (κ1) is 15.2. The van der Waals surface area contributed by atoms with E-state index in [9.17, 15) is 14.7 Å². The summed E-state index contributed by atoms with van der Waals surface area (Å²) in [4.78, 5) is 22.3. The molecule has 0 saturated carbocycles. The number of hydrogen-bond acceptors (Lipinski definition) is 4. The summed E-state index contributed by atoms with van der Waals surface area (Å²) in [5.41, 5.74) is 1.14. The number of halogens is 1. The van der Waals surface area contributed by atoms with Crippen LogP contribution in [0.3, 0.4) is 0 Å². The summed E-state index contributed by atoms with van der Waals surface area (Å²) in [6.07, 6.45) is -2.11. The van der Waals surface area contributed by atoms with Crippen LogP contribution < -0.4 is 0 Å². The summed E-state index contributed by atoms with van der Waals surface area (Å²) in [5, 5.41) is 9.21. The van der Waals surface area contributed by atoms with Crippen molar-refractivity contribution < 1.29 is 19.4 Å².